The van der Waals surface area contributed by atoms with Gasteiger partial charge in [0.25, 0.3) is 5.91 Å². The number of hydrogen-bond donors (Lipinski definition) is 2. The molecule has 0 radical (unpaired) electrons. The lowest BCUT2D eigenvalue weighted by Crippen LogP contribution is -2.18. The number of carbonyl (C=O) groups is 1. The van der Waals surface area contributed by atoms with E-state index in [0.717, 1.165) is 10.2 Å². The smallest absolute Gasteiger partial charge is 0.272 e. The fourth-order valence-electron chi connectivity index (χ4n) is 1.29. The number of nitrogens with one attached hydrogen (secondary N) is 2. The molecule has 0 aliphatic rings. The molecule has 5 heteroatoms. The van der Waals surface area contributed by atoms with E-state index < -0.39 is 0 Å². The molecule has 1 aromatic carbocycles. The normalized spacial score (nSPS) is 10.6. The van der Waals surface area contributed by atoms with Crippen LogP contribution in [0.4, 0.5) is 0 Å². The zero-order chi connectivity index (χ0) is 12.1. The zero-order valence-electron chi connectivity index (χ0n) is 8.85. The highest BCUT2D eigenvalue weighted by Gasteiger charge is 2.07. The van der Waals surface area contributed by atoms with E-state index in [0.29, 0.717) is 5.56 Å². The summed E-state index contributed by atoms with van der Waals surface area (Å²) >= 11 is 3.31. The van der Waals surface area contributed by atoms with Crippen molar-refractivity contribution in [2.24, 2.45) is 5.10 Å². The van der Waals surface area contributed by atoms with E-state index in [1.54, 1.807) is 24.5 Å². The molecule has 0 bridgehead atoms. The number of hydrazone groups is 1. The Kier molecular flexibility index (Phi) is 3.72. The second-order valence-electron chi connectivity index (χ2n) is 3.30. The Balaban J connectivity index is 2.01. The summed E-state index contributed by atoms with van der Waals surface area (Å²) in [6.07, 6.45) is 3.34. The van der Waals surface area contributed by atoms with Gasteiger partial charge < -0.3 is 4.98 Å². The van der Waals surface area contributed by atoms with Crippen molar-refractivity contribution in [1.29, 1.82) is 0 Å². The van der Waals surface area contributed by atoms with Crippen LogP contribution < -0.4 is 5.43 Å². The van der Waals surface area contributed by atoms with Gasteiger partial charge in [0, 0.05) is 10.7 Å². The van der Waals surface area contributed by atoms with Crippen LogP contribution in [0.1, 0.15) is 16.1 Å². The number of H-pyrrole nitrogens is 1. The van der Waals surface area contributed by atoms with E-state index in [2.05, 4.69) is 31.4 Å². The van der Waals surface area contributed by atoms with Gasteiger partial charge in [0.15, 0.2) is 0 Å². The van der Waals surface area contributed by atoms with Crippen molar-refractivity contribution in [3.63, 3.8) is 0 Å². The third-order valence-corrected chi connectivity index (χ3v) is 2.80. The molecule has 0 saturated carbocycles. The summed E-state index contributed by atoms with van der Waals surface area (Å²) in [5.41, 5.74) is 3.84. The lowest BCUT2D eigenvalue weighted by Gasteiger charge is -2.01. The van der Waals surface area contributed by atoms with Gasteiger partial charge in [-0.25, -0.2) is 5.43 Å². The molecule has 0 unspecified atom stereocenters. The molecule has 1 aromatic heterocycles. The minimum atomic E-state index is -0.250. The number of nitrogens with zero attached hydrogens (tertiary/aromatic N) is 1. The number of benzene rings is 1. The van der Waals surface area contributed by atoms with E-state index >= 15 is 0 Å². The zero-order valence-corrected chi connectivity index (χ0v) is 10.4. The monoisotopic (exact) mass is 291 g/mol. The van der Waals surface area contributed by atoms with Crippen molar-refractivity contribution in [3.05, 3.63) is 58.3 Å². The lowest BCUT2D eigenvalue weighted by molar-refractivity contribution is 0.0954. The highest BCUT2D eigenvalue weighted by atomic mass is 79.9. The summed E-state index contributed by atoms with van der Waals surface area (Å²) in [4.78, 5) is 14.7. The first-order valence-corrected chi connectivity index (χ1v) is 5.78. The molecular weight excluding hydrogens is 282 g/mol. The van der Waals surface area contributed by atoms with Crippen molar-refractivity contribution < 1.29 is 4.79 Å². The maximum absolute atomic E-state index is 11.7. The fourth-order valence-corrected chi connectivity index (χ4v) is 1.76. The average molecular weight is 292 g/mol. The Morgan fingerprint density at radius 2 is 2.12 bits per heavy atom. The Morgan fingerprint density at radius 3 is 2.82 bits per heavy atom. The van der Waals surface area contributed by atoms with Gasteiger partial charge in [-0.15, -0.1) is 0 Å². The van der Waals surface area contributed by atoms with E-state index in [-0.39, 0.29) is 5.91 Å². The van der Waals surface area contributed by atoms with Gasteiger partial charge in [-0.2, -0.15) is 5.10 Å². The number of hydrogen-bond acceptors (Lipinski definition) is 2. The minimum absolute atomic E-state index is 0.250. The molecule has 17 heavy (non-hydrogen) atoms. The number of rotatable bonds is 3. The van der Waals surface area contributed by atoms with Crippen molar-refractivity contribution in [2.45, 2.75) is 0 Å². The molecule has 1 heterocycles. The second-order valence-corrected chi connectivity index (χ2v) is 4.16. The predicted molar refractivity (Wildman–Crippen MR) is 70.0 cm³/mol. The maximum atomic E-state index is 11.7. The van der Waals surface area contributed by atoms with Gasteiger partial charge in [-0.3, -0.25) is 4.79 Å². The lowest BCUT2D eigenvalue weighted by atomic mass is 10.2. The summed E-state index contributed by atoms with van der Waals surface area (Å²) in [6.45, 7) is 0. The first-order chi connectivity index (χ1) is 8.27. The van der Waals surface area contributed by atoms with Crippen LogP contribution in [-0.4, -0.2) is 17.1 Å². The van der Waals surface area contributed by atoms with E-state index in [4.69, 9.17) is 0 Å². The Morgan fingerprint density at radius 1 is 1.29 bits per heavy atom. The summed E-state index contributed by atoms with van der Waals surface area (Å²) in [7, 11) is 0. The van der Waals surface area contributed by atoms with E-state index in [1.165, 1.54) is 0 Å². The van der Waals surface area contributed by atoms with Gasteiger partial charge in [-0.1, -0.05) is 12.1 Å². The Labute approximate surface area is 107 Å². The molecule has 0 aliphatic carbocycles. The first-order valence-electron chi connectivity index (χ1n) is 4.98. The van der Waals surface area contributed by atoms with Crippen LogP contribution in [0.5, 0.6) is 0 Å². The third kappa shape index (κ3) is 3.04. The van der Waals surface area contributed by atoms with Crippen molar-refractivity contribution >= 4 is 28.1 Å². The number of aromatic amines is 1. The number of halogens is 1. The van der Waals surface area contributed by atoms with Gasteiger partial charge in [0.05, 0.1) is 17.5 Å². The van der Waals surface area contributed by atoms with Crippen LogP contribution >= 0.6 is 15.9 Å². The first kappa shape index (κ1) is 11.6. The number of aromatic nitrogens is 1. The predicted octanol–water partition coefficient (Wildman–Crippen LogP) is 2.54. The SMILES string of the molecule is O=C(NN=Cc1ccc[nH]1)c1ccccc1Br. The summed E-state index contributed by atoms with van der Waals surface area (Å²) in [6, 6.07) is 10.9. The number of amides is 1. The quantitative estimate of drug-likeness (QED) is 0.663. The average Bonchev–Trinajstić information content (AvgIpc) is 2.82. The Bertz CT molecular complexity index is 534. The van der Waals surface area contributed by atoms with Crippen molar-refractivity contribution in [1.82, 2.24) is 10.4 Å². The standard InChI is InChI=1S/C12H10BrN3O/c13-11-6-2-1-5-10(11)12(17)16-15-8-9-4-3-7-14-9/h1-8,14H,(H,16,17). The van der Waals surface area contributed by atoms with Crippen LogP contribution in [0.15, 0.2) is 52.2 Å². The molecule has 86 valence electrons. The van der Waals surface area contributed by atoms with Crippen molar-refractivity contribution in [2.75, 3.05) is 0 Å². The molecule has 4 nitrogen and oxygen atoms in total. The molecule has 0 spiro atoms. The minimum Gasteiger partial charge on any atom is -0.360 e. The van der Waals surface area contributed by atoms with Gasteiger partial charge in [0.1, 0.15) is 0 Å². The maximum Gasteiger partial charge on any atom is 0.272 e. The molecule has 0 saturated heterocycles. The summed E-state index contributed by atoms with van der Waals surface area (Å²) < 4.78 is 0.743. The summed E-state index contributed by atoms with van der Waals surface area (Å²) in [5, 5.41) is 3.85. The molecular formula is C12H10BrN3O. The summed E-state index contributed by atoms with van der Waals surface area (Å²) in [5.74, 6) is -0.250. The molecule has 0 fully saturated rings. The molecule has 2 aromatic rings. The van der Waals surface area contributed by atoms with Gasteiger partial charge in [0.2, 0.25) is 0 Å². The molecule has 2 N–H and O–H groups in total. The van der Waals surface area contributed by atoms with E-state index in [9.17, 15) is 4.79 Å². The topological polar surface area (TPSA) is 57.2 Å². The largest absolute Gasteiger partial charge is 0.360 e. The molecule has 2 rings (SSSR count). The highest BCUT2D eigenvalue weighted by Crippen LogP contribution is 2.15. The van der Waals surface area contributed by atoms with Gasteiger partial charge in [-0.05, 0) is 40.2 Å². The van der Waals surface area contributed by atoms with Crippen LogP contribution in [0.3, 0.4) is 0 Å². The molecule has 0 aliphatic heterocycles. The Hall–Kier alpha value is -1.88. The fraction of sp³-hybridized carbons (Fsp3) is 0. The number of carbonyl (C=O) groups excluding carboxylic acids is 1. The van der Waals surface area contributed by atoms with Crippen LogP contribution in [0.25, 0.3) is 0 Å². The van der Waals surface area contributed by atoms with Gasteiger partial charge >= 0.3 is 0 Å². The van der Waals surface area contributed by atoms with Crippen LogP contribution in [-0.2, 0) is 0 Å². The second kappa shape index (κ2) is 5.45. The molecule has 1 amide bonds. The molecule has 0 atom stereocenters. The highest BCUT2D eigenvalue weighted by molar-refractivity contribution is 9.10. The van der Waals surface area contributed by atoms with Crippen LogP contribution in [0, 0.1) is 0 Å². The third-order valence-electron chi connectivity index (χ3n) is 2.11. The van der Waals surface area contributed by atoms with E-state index in [1.807, 2.05) is 24.3 Å². The van der Waals surface area contributed by atoms with Crippen LogP contribution in [0.2, 0.25) is 0 Å². The van der Waals surface area contributed by atoms with Crippen molar-refractivity contribution in [3.8, 4) is 0 Å².